The summed E-state index contributed by atoms with van der Waals surface area (Å²) in [7, 11) is 0.587. The Hall–Kier alpha value is -1.56. The molecule has 6 heteroatoms. The number of carbonyl (C=O) groups excluding carboxylic acids is 1. The monoisotopic (exact) mass is 270 g/mol. The zero-order chi connectivity index (χ0) is 13.5. The van der Waals surface area contributed by atoms with Crippen LogP contribution >= 0.6 is 0 Å². The fourth-order valence-electron chi connectivity index (χ4n) is 1.39. The number of amides is 1. The molecule has 1 rings (SSSR count). The van der Waals surface area contributed by atoms with Crippen molar-refractivity contribution in [2.45, 2.75) is 13.3 Å². The van der Waals surface area contributed by atoms with E-state index in [1.54, 1.807) is 18.2 Å². The van der Waals surface area contributed by atoms with E-state index in [-0.39, 0.29) is 12.3 Å². The average molecular weight is 270 g/mol. The molecule has 0 saturated heterocycles. The van der Waals surface area contributed by atoms with Crippen LogP contribution in [0, 0.1) is 0 Å². The number of benzene rings is 1. The number of ether oxygens (including phenoxy) is 1. The van der Waals surface area contributed by atoms with E-state index in [4.69, 9.17) is 10.5 Å². The highest BCUT2D eigenvalue weighted by Crippen LogP contribution is 2.26. The highest BCUT2D eigenvalue weighted by Gasteiger charge is 2.09. The Kier molecular flexibility index (Phi) is 5.64. The molecular weight excluding hydrogens is 252 g/mol. The predicted octanol–water partition coefficient (Wildman–Crippen LogP) is 1.37. The second-order valence-corrected chi connectivity index (χ2v) is 5.56. The van der Waals surface area contributed by atoms with Crippen molar-refractivity contribution in [1.29, 1.82) is 0 Å². The summed E-state index contributed by atoms with van der Waals surface area (Å²) in [4.78, 5) is 11.7. The lowest BCUT2D eigenvalue weighted by molar-refractivity contribution is -0.115. The maximum absolute atomic E-state index is 11.7. The molecule has 0 aliphatic carbocycles. The average Bonchev–Trinajstić information content (AvgIpc) is 2.36. The minimum atomic E-state index is -0.934. The molecule has 1 unspecified atom stereocenters. The highest BCUT2D eigenvalue weighted by atomic mass is 32.2. The molecule has 5 nitrogen and oxygen atoms in total. The van der Waals surface area contributed by atoms with E-state index in [1.165, 1.54) is 7.11 Å². The molecule has 100 valence electrons. The normalized spacial score (nSPS) is 11.9. The lowest BCUT2D eigenvalue weighted by Gasteiger charge is -2.10. The van der Waals surface area contributed by atoms with E-state index < -0.39 is 10.8 Å². The molecule has 0 aliphatic rings. The van der Waals surface area contributed by atoms with Gasteiger partial charge in [-0.2, -0.15) is 0 Å². The number of methoxy groups -OCH3 is 1. The Balaban J connectivity index is 2.63. The van der Waals surface area contributed by atoms with Gasteiger partial charge in [0.1, 0.15) is 5.75 Å². The zero-order valence-corrected chi connectivity index (χ0v) is 11.4. The van der Waals surface area contributed by atoms with E-state index >= 15 is 0 Å². The Morgan fingerprint density at radius 1 is 1.50 bits per heavy atom. The van der Waals surface area contributed by atoms with Crippen LogP contribution in [-0.2, 0) is 15.6 Å². The molecule has 0 radical (unpaired) electrons. The van der Waals surface area contributed by atoms with Crippen LogP contribution in [0.5, 0.6) is 5.75 Å². The van der Waals surface area contributed by atoms with Crippen LogP contribution in [0.2, 0.25) is 0 Å². The topological polar surface area (TPSA) is 81.4 Å². The lowest BCUT2D eigenvalue weighted by Crippen LogP contribution is -2.16. The zero-order valence-electron chi connectivity index (χ0n) is 10.6. The molecule has 18 heavy (non-hydrogen) atoms. The molecule has 0 fully saturated rings. The summed E-state index contributed by atoms with van der Waals surface area (Å²) in [5.74, 6) is 1.29. The fourth-order valence-corrected chi connectivity index (χ4v) is 2.09. The van der Waals surface area contributed by atoms with Gasteiger partial charge in [0, 0.05) is 34.4 Å². The van der Waals surface area contributed by atoms with Gasteiger partial charge < -0.3 is 15.8 Å². The van der Waals surface area contributed by atoms with Gasteiger partial charge in [0.2, 0.25) is 5.91 Å². The van der Waals surface area contributed by atoms with Gasteiger partial charge in [0.05, 0.1) is 12.8 Å². The molecule has 0 spiro atoms. The van der Waals surface area contributed by atoms with Crippen LogP contribution < -0.4 is 15.8 Å². The van der Waals surface area contributed by atoms with Crippen LogP contribution in [-0.4, -0.2) is 28.7 Å². The SMILES string of the molecule is CCS(=O)CCC(=O)Nc1cc(N)ccc1OC. The second kappa shape index (κ2) is 7.00. The quantitative estimate of drug-likeness (QED) is 0.765. The van der Waals surface area contributed by atoms with Crippen LogP contribution in [0.15, 0.2) is 18.2 Å². The Morgan fingerprint density at radius 3 is 2.83 bits per heavy atom. The van der Waals surface area contributed by atoms with Gasteiger partial charge >= 0.3 is 0 Å². The van der Waals surface area contributed by atoms with Crippen molar-refractivity contribution in [3.63, 3.8) is 0 Å². The van der Waals surface area contributed by atoms with E-state index in [9.17, 15) is 9.00 Å². The lowest BCUT2D eigenvalue weighted by atomic mass is 10.2. The molecule has 1 aromatic carbocycles. The van der Waals surface area contributed by atoms with Gasteiger partial charge in [-0.05, 0) is 18.2 Å². The number of carbonyl (C=O) groups is 1. The summed E-state index contributed by atoms with van der Waals surface area (Å²) in [6.07, 6.45) is 0.221. The molecule has 0 aliphatic heterocycles. The van der Waals surface area contributed by atoms with E-state index in [0.29, 0.717) is 28.6 Å². The summed E-state index contributed by atoms with van der Waals surface area (Å²) in [6, 6.07) is 5.02. The largest absolute Gasteiger partial charge is 0.495 e. The molecule has 0 heterocycles. The van der Waals surface area contributed by atoms with E-state index in [2.05, 4.69) is 5.32 Å². The summed E-state index contributed by atoms with van der Waals surface area (Å²) >= 11 is 0. The molecule has 0 saturated carbocycles. The first kappa shape index (κ1) is 14.5. The summed E-state index contributed by atoms with van der Waals surface area (Å²) in [6.45, 7) is 1.83. The molecule has 3 N–H and O–H groups in total. The maximum atomic E-state index is 11.7. The predicted molar refractivity (Wildman–Crippen MR) is 74.2 cm³/mol. The van der Waals surface area contributed by atoms with Crippen molar-refractivity contribution >= 4 is 28.1 Å². The third kappa shape index (κ3) is 4.37. The molecule has 1 amide bonds. The van der Waals surface area contributed by atoms with Gasteiger partial charge in [-0.15, -0.1) is 0 Å². The minimum absolute atomic E-state index is 0.194. The fraction of sp³-hybridized carbons (Fsp3) is 0.417. The number of nitrogen functional groups attached to an aromatic ring is 1. The third-order valence-electron chi connectivity index (χ3n) is 2.38. The Labute approximate surface area is 109 Å². The number of anilines is 2. The van der Waals surface area contributed by atoms with Gasteiger partial charge in [-0.1, -0.05) is 6.92 Å². The smallest absolute Gasteiger partial charge is 0.225 e. The number of hydrogen-bond donors (Lipinski definition) is 2. The van der Waals surface area contributed by atoms with Crippen LogP contribution in [0.25, 0.3) is 0 Å². The van der Waals surface area contributed by atoms with Crippen molar-refractivity contribution in [3.8, 4) is 5.75 Å². The number of nitrogens with two attached hydrogens (primary N) is 1. The molecule has 0 aromatic heterocycles. The Morgan fingerprint density at radius 2 is 2.22 bits per heavy atom. The summed E-state index contributed by atoms with van der Waals surface area (Å²) < 4.78 is 16.4. The van der Waals surface area contributed by atoms with Crippen molar-refractivity contribution in [2.75, 3.05) is 29.7 Å². The molecule has 1 atom stereocenters. The van der Waals surface area contributed by atoms with E-state index in [1.807, 2.05) is 6.92 Å². The molecular formula is C12H18N2O3S. The minimum Gasteiger partial charge on any atom is -0.495 e. The van der Waals surface area contributed by atoms with Gasteiger partial charge in [0.25, 0.3) is 0 Å². The maximum Gasteiger partial charge on any atom is 0.225 e. The Bertz CT molecular complexity index is 449. The first-order valence-electron chi connectivity index (χ1n) is 5.65. The van der Waals surface area contributed by atoms with Crippen molar-refractivity contribution in [3.05, 3.63) is 18.2 Å². The third-order valence-corrected chi connectivity index (χ3v) is 3.68. The van der Waals surface area contributed by atoms with Crippen molar-refractivity contribution in [1.82, 2.24) is 0 Å². The standard InChI is InChI=1S/C12H18N2O3S/c1-3-18(16)7-6-12(15)14-10-8-9(13)4-5-11(10)17-2/h4-5,8H,3,6-7,13H2,1-2H3,(H,14,15). The molecule has 1 aromatic rings. The first-order chi connectivity index (χ1) is 8.56. The van der Waals surface area contributed by atoms with Crippen LogP contribution in [0.1, 0.15) is 13.3 Å². The highest BCUT2D eigenvalue weighted by molar-refractivity contribution is 7.84. The number of hydrogen-bond acceptors (Lipinski definition) is 4. The molecule has 0 bridgehead atoms. The van der Waals surface area contributed by atoms with Gasteiger partial charge in [-0.3, -0.25) is 9.00 Å². The summed E-state index contributed by atoms with van der Waals surface area (Å²) in [5, 5.41) is 2.70. The van der Waals surface area contributed by atoms with Gasteiger partial charge in [0.15, 0.2) is 0 Å². The summed E-state index contributed by atoms with van der Waals surface area (Å²) in [5.41, 5.74) is 6.72. The number of rotatable bonds is 6. The van der Waals surface area contributed by atoms with Crippen molar-refractivity contribution in [2.24, 2.45) is 0 Å². The van der Waals surface area contributed by atoms with E-state index in [0.717, 1.165) is 0 Å². The van der Waals surface area contributed by atoms with Crippen molar-refractivity contribution < 1.29 is 13.7 Å². The van der Waals surface area contributed by atoms with Crippen LogP contribution in [0.3, 0.4) is 0 Å². The second-order valence-electron chi connectivity index (χ2n) is 3.69. The van der Waals surface area contributed by atoms with Crippen LogP contribution in [0.4, 0.5) is 11.4 Å². The van der Waals surface area contributed by atoms with Gasteiger partial charge in [-0.25, -0.2) is 0 Å². The first-order valence-corrected chi connectivity index (χ1v) is 7.14. The number of nitrogens with one attached hydrogen (secondary N) is 1.